The van der Waals surface area contributed by atoms with Crippen LogP contribution >= 0.6 is 0 Å². The Morgan fingerprint density at radius 1 is 1.22 bits per heavy atom. The topological polar surface area (TPSA) is 148 Å². The maximum absolute atomic E-state index is 13.3. The number of aromatic nitrogens is 4. The Morgan fingerprint density at radius 2 is 2.00 bits per heavy atom. The second kappa shape index (κ2) is 7.95. The SMILES string of the molecule is N#Cc1cc(-c2cn(C3CC3)c3ncnc(N)c23)ccc1NC(=O)Nc1cc(C2(C(F)(F)F)CC2)no1. The predicted molar refractivity (Wildman–Crippen MR) is 126 cm³/mol. The molecule has 4 aromatic rings. The highest BCUT2D eigenvalue weighted by atomic mass is 19.4. The van der Waals surface area contributed by atoms with Crippen molar-refractivity contribution in [3.05, 3.63) is 48.0 Å². The molecule has 4 N–H and O–H groups in total. The van der Waals surface area contributed by atoms with Gasteiger partial charge >= 0.3 is 12.2 Å². The lowest BCUT2D eigenvalue weighted by atomic mass is 10.0. The molecule has 188 valence electrons. The molecule has 0 spiro atoms. The summed E-state index contributed by atoms with van der Waals surface area (Å²) in [6, 6.07) is 7.56. The smallest absolute Gasteiger partial charge is 0.383 e. The van der Waals surface area contributed by atoms with Crippen molar-refractivity contribution >= 4 is 34.5 Å². The molecular weight excluding hydrogens is 489 g/mol. The minimum atomic E-state index is -4.45. The zero-order valence-electron chi connectivity index (χ0n) is 19.1. The van der Waals surface area contributed by atoms with E-state index in [4.69, 9.17) is 10.3 Å². The van der Waals surface area contributed by atoms with Crippen molar-refractivity contribution in [1.82, 2.24) is 19.7 Å². The number of nitrogens with two attached hydrogens (primary N) is 1. The molecule has 2 saturated carbocycles. The lowest BCUT2D eigenvalue weighted by molar-refractivity contribution is -0.161. The molecule has 10 nitrogen and oxygen atoms in total. The van der Waals surface area contributed by atoms with Crippen LogP contribution in [0.15, 0.2) is 41.3 Å². The fraction of sp³-hybridized carbons (Fsp3) is 0.292. The van der Waals surface area contributed by atoms with Crippen LogP contribution in [0.1, 0.15) is 43.0 Å². The number of amides is 2. The molecule has 2 fully saturated rings. The molecule has 37 heavy (non-hydrogen) atoms. The van der Waals surface area contributed by atoms with Gasteiger partial charge in [0, 0.05) is 23.9 Å². The summed E-state index contributed by atoms with van der Waals surface area (Å²) in [5, 5.41) is 18.8. The van der Waals surface area contributed by atoms with Crippen molar-refractivity contribution in [2.24, 2.45) is 0 Å². The highest BCUT2D eigenvalue weighted by molar-refractivity contribution is 6.02. The zero-order chi connectivity index (χ0) is 25.9. The van der Waals surface area contributed by atoms with Gasteiger partial charge in [-0.1, -0.05) is 11.2 Å². The Hall–Kier alpha value is -4.60. The van der Waals surface area contributed by atoms with Crippen molar-refractivity contribution < 1.29 is 22.5 Å². The molecule has 3 aromatic heterocycles. The molecule has 1 aromatic carbocycles. The van der Waals surface area contributed by atoms with Gasteiger partial charge in [-0.25, -0.2) is 14.8 Å². The van der Waals surface area contributed by atoms with Gasteiger partial charge in [0.05, 0.1) is 16.6 Å². The third kappa shape index (κ3) is 3.81. The van der Waals surface area contributed by atoms with Crippen LogP contribution in [0.3, 0.4) is 0 Å². The van der Waals surface area contributed by atoms with E-state index in [1.165, 1.54) is 6.33 Å². The number of carbonyl (C=O) groups is 1. The van der Waals surface area contributed by atoms with Gasteiger partial charge in [0.15, 0.2) is 0 Å². The van der Waals surface area contributed by atoms with Gasteiger partial charge in [-0.3, -0.25) is 5.32 Å². The third-order valence-electron chi connectivity index (χ3n) is 6.81. The number of nitrogen functional groups attached to an aromatic ring is 1. The number of nitrogens with one attached hydrogen (secondary N) is 2. The lowest BCUT2D eigenvalue weighted by Crippen LogP contribution is -2.28. The van der Waals surface area contributed by atoms with E-state index in [0.29, 0.717) is 22.8 Å². The van der Waals surface area contributed by atoms with Crippen molar-refractivity contribution in [2.45, 2.75) is 43.3 Å². The largest absolute Gasteiger partial charge is 0.400 e. The van der Waals surface area contributed by atoms with Gasteiger partial charge in [-0.05, 0) is 43.4 Å². The molecule has 0 bridgehead atoms. The highest BCUT2D eigenvalue weighted by Gasteiger charge is 2.66. The van der Waals surface area contributed by atoms with Crippen LogP contribution in [-0.2, 0) is 5.41 Å². The van der Waals surface area contributed by atoms with Crippen LogP contribution in [0, 0.1) is 11.3 Å². The standard InChI is InChI=1S/C24H19F3N8O2/c25-24(26,27)23(5-6-23)17-8-18(37-34-17)33-22(36)32-16-4-1-12(7-13(16)9-28)15-10-35(14-2-3-14)21-19(15)20(29)30-11-31-21/h1,4,7-8,10-11,14H,2-3,5-6H2,(H2,29,30,31)(H2,32,33,36). The average Bonchev–Trinajstić information content (AvgIpc) is 3.78. The first-order valence-electron chi connectivity index (χ1n) is 11.5. The van der Waals surface area contributed by atoms with Crippen LogP contribution in [0.5, 0.6) is 0 Å². The Bertz CT molecular complexity index is 1590. The molecule has 0 atom stereocenters. The minimum Gasteiger partial charge on any atom is -0.383 e. The first-order valence-corrected chi connectivity index (χ1v) is 11.5. The molecule has 2 aliphatic rings. The van der Waals surface area contributed by atoms with Gasteiger partial charge in [0.1, 0.15) is 35.0 Å². The number of halogens is 3. The Labute approximate surface area is 207 Å². The highest BCUT2D eigenvalue weighted by Crippen LogP contribution is 2.58. The van der Waals surface area contributed by atoms with Crippen molar-refractivity contribution in [1.29, 1.82) is 5.26 Å². The molecule has 3 heterocycles. The van der Waals surface area contributed by atoms with E-state index in [-0.39, 0.29) is 35.7 Å². The molecule has 13 heteroatoms. The van der Waals surface area contributed by atoms with E-state index in [2.05, 4.69) is 36.4 Å². The van der Waals surface area contributed by atoms with E-state index in [9.17, 15) is 23.2 Å². The molecule has 2 aliphatic carbocycles. The maximum Gasteiger partial charge on any atom is 0.400 e. The number of rotatable bonds is 5. The monoisotopic (exact) mass is 508 g/mol. The molecule has 6 rings (SSSR count). The van der Waals surface area contributed by atoms with Gasteiger partial charge in [-0.2, -0.15) is 18.4 Å². The predicted octanol–water partition coefficient (Wildman–Crippen LogP) is 5.11. The number of nitrogens with zero attached hydrogens (tertiary/aromatic N) is 5. The quantitative estimate of drug-likeness (QED) is 0.339. The first kappa shape index (κ1) is 22.8. The fourth-order valence-electron chi connectivity index (χ4n) is 4.51. The van der Waals surface area contributed by atoms with Gasteiger partial charge in [-0.15, -0.1) is 0 Å². The summed E-state index contributed by atoms with van der Waals surface area (Å²) in [6.45, 7) is 0. The van der Waals surface area contributed by atoms with Crippen LogP contribution in [0.2, 0.25) is 0 Å². The Morgan fingerprint density at radius 3 is 2.68 bits per heavy atom. The second-order valence-corrected chi connectivity index (χ2v) is 9.25. The van der Waals surface area contributed by atoms with Gasteiger partial charge in [0.25, 0.3) is 0 Å². The third-order valence-corrected chi connectivity index (χ3v) is 6.81. The summed E-state index contributed by atoms with van der Waals surface area (Å²) >= 11 is 0. The molecule has 0 saturated heterocycles. The molecule has 0 radical (unpaired) electrons. The number of carbonyl (C=O) groups excluding carboxylic acids is 1. The summed E-state index contributed by atoms with van der Waals surface area (Å²) in [5.41, 5.74) is 6.40. The van der Waals surface area contributed by atoms with Crippen LogP contribution in [-0.4, -0.2) is 31.9 Å². The zero-order valence-corrected chi connectivity index (χ0v) is 19.1. The van der Waals surface area contributed by atoms with E-state index in [0.717, 1.165) is 30.1 Å². The molecule has 0 aliphatic heterocycles. The number of hydrogen-bond donors (Lipinski definition) is 3. The number of nitriles is 1. The van der Waals surface area contributed by atoms with Crippen molar-refractivity contribution in [3.63, 3.8) is 0 Å². The lowest BCUT2D eigenvalue weighted by Gasteiger charge is -2.15. The van der Waals surface area contributed by atoms with Gasteiger partial charge in [0.2, 0.25) is 5.88 Å². The summed E-state index contributed by atoms with van der Waals surface area (Å²) in [4.78, 5) is 21.0. The van der Waals surface area contributed by atoms with Gasteiger partial charge < -0.3 is 20.1 Å². The first-order chi connectivity index (χ1) is 17.7. The maximum atomic E-state index is 13.3. The fourth-order valence-corrected chi connectivity index (χ4v) is 4.51. The van der Waals surface area contributed by atoms with E-state index in [1.54, 1.807) is 18.2 Å². The normalized spacial score (nSPS) is 16.4. The number of fused-ring (bicyclic) bond motifs is 1. The van der Waals surface area contributed by atoms with Crippen LogP contribution in [0.4, 0.5) is 35.4 Å². The number of anilines is 3. The molecular formula is C24H19F3N8O2. The van der Waals surface area contributed by atoms with Crippen LogP contribution in [0.25, 0.3) is 22.2 Å². The van der Waals surface area contributed by atoms with E-state index in [1.807, 2.05) is 6.20 Å². The average molecular weight is 508 g/mol. The van der Waals surface area contributed by atoms with Crippen LogP contribution < -0.4 is 16.4 Å². The molecule has 2 amide bonds. The van der Waals surface area contributed by atoms with E-state index >= 15 is 0 Å². The number of alkyl halides is 3. The Kier molecular flexibility index (Phi) is 4.91. The summed E-state index contributed by atoms with van der Waals surface area (Å²) in [5.74, 6) is 0.0888. The Balaban J connectivity index is 1.24. The molecule has 0 unspecified atom stereocenters. The summed E-state index contributed by atoms with van der Waals surface area (Å²) in [6.07, 6.45) is 0.829. The number of hydrogen-bond acceptors (Lipinski definition) is 7. The van der Waals surface area contributed by atoms with E-state index < -0.39 is 17.6 Å². The van der Waals surface area contributed by atoms with Crippen molar-refractivity contribution in [3.8, 4) is 17.2 Å². The summed E-state index contributed by atoms with van der Waals surface area (Å²) < 4.78 is 46.9. The minimum absolute atomic E-state index is 0.0797. The number of urea groups is 1. The van der Waals surface area contributed by atoms with Crippen molar-refractivity contribution in [2.75, 3.05) is 16.4 Å². The summed E-state index contributed by atoms with van der Waals surface area (Å²) in [7, 11) is 0. The number of benzene rings is 1. The second-order valence-electron chi connectivity index (χ2n) is 9.25.